The zero-order valence-corrected chi connectivity index (χ0v) is 20.1. The Balaban J connectivity index is 1.41. The number of nitrogens with one attached hydrogen (secondary N) is 2. The van der Waals surface area contributed by atoms with Crippen molar-refractivity contribution in [3.63, 3.8) is 0 Å². The van der Waals surface area contributed by atoms with Gasteiger partial charge in [-0.25, -0.2) is 4.79 Å². The monoisotopic (exact) mass is 491 g/mol. The van der Waals surface area contributed by atoms with Crippen LogP contribution in [-0.4, -0.2) is 49.4 Å². The highest BCUT2D eigenvalue weighted by molar-refractivity contribution is 6.11. The van der Waals surface area contributed by atoms with Gasteiger partial charge in [0.15, 0.2) is 11.3 Å². The molecule has 0 aliphatic carbocycles. The van der Waals surface area contributed by atoms with Crippen LogP contribution in [0.2, 0.25) is 0 Å². The number of rotatable bonds is 5. The molecule has 1 atom stereocenters. The molecule has 1 saturated heterocycles. The SMILES string of the molecule is COc1ccc2c(C)c(CC(=O)Nc3ccc4c(c3)C(=O)N3CCC[C@@H]3C(=O)N4)c(=O)oc2c1OC. The summed E-state index contributed by atoms with van der Waals surface area (Å²) in [6, 6.07) is 7.72. The van der Waals surface area contributed by atoms with E-state index in [2.05, 4.69) is 10.6 Å². The fraction of sp³-hybridized carbons (Fsp3) is 0.308. The van der Waals surface area contributed by atoms with Gasteiger partial charge in [-0.1, -0.05) is 0 Å². The Hall–Kier alpha value is -4.34. The Morgan fingerprint density at radius 1 is 1.17 bits per heavy atom. The number of anilines is 2. The van der Waals surface area contributed by atoms with Gasteiger partial charge in [-0.15, -0.1) is 0 Å². The Labute approximate surface area is 206 Å². The molecule has 186 valence electrons. The van der Waals surface area contributed by atoms with Gasteiger partial charge in [0.05, 0.1) is 37.5 Å². The number of carbonyl (C=O) groups excluding carboxylic acids is 3. The molecule has 2 aliphatic heterocycles. The fourth-order valence-corrected chi connectivity index (χ4v) is 4.90. The summed E-state index contributed by atoms with van der Waals surface area (Å²) in [7, 11) is 2.94. The molecule has 0 unspecified atom stereocenters. The number of amides is 3. The minimum atomic E-state index is -0.651. The summed E-state index contributed by atoms with van der Waals surface area (Å²) in [5.74, 6) is -0.184. The van der Waals surface area contributed by atoms with Gasteiger partial charge < -0.3 is 29.4 Å². The van der Waals surface area contributed by atoms with E-state index in [1.54, 1.807) is 42.2 Å². The smallest absolute Gasteiger partial charge is 0.340 e. The van der Waals surface area contributed by atoms with Crippen LogP contribution in [-0.2, 0) is 16.0 Å². The molecule has 0 spiro atoms. The van der Waals surface area contributed by atoms with E-state index in [0.717, 1.165) is 6.42 Å². The molecule has 5 rings (SSSR count). The lowest BCUT2D eigenvalue weighted by atomic mass is 10.0. The zero-order chi connectivity index (χ0) is 25.6. The van der Waals surface area contributed by atoms with Crippen molar-refractivity contribution in [2.24, 2.45) is 0 Å². The molecule has 0 saturated carbocycles. The molecular weight excluding hydrogens is 466 g/mol. The molecule has 2 N–H and O–H groups in total. The summed E-state index contributed by atoms with van der Waals surface area (Å²) in [5.41, 5.74) is 1.51. The first-order valence-electron chi connectivity index (χ1n) is 11.6. The Morgan fingerprint density at radius 2 is 1.97 bits per heavy atom. The van der Waals surface area contributed by atoms with Crippen LogP contribution in [0.15, 0.2) is 39.5 Å². The Morgan fingerprint density at radius 3 is 2.72 bits per heavy atom. The van der Waals surface area contributed by atoms with E-state index in [0.29, 0.717) is 52.4 Å². The highest BCUT2D eigenvalue weighted by Gasteiger charge is 2.38. The largest absolute Gasteiger partial charge is 0.493 e. The van der Waals surface area contributed by atoms with Crippen molar-refractivity contribution in [1.29, 1.82) is 0 Å². The number of hydrogen-bond donors (Lipinski definition) is 2. The van der Waals surface area contributed by atoms with Gasteiger partial charge in [0.2, 0.25) is 17.6 Å². The Kier molecular flexibility index (Phi) is 5.87. The number of ether oxygens (including phenoxy) is 2. The second-order valence-electron chi connectivity index (χ2n) is 8.80. The molecule has 2 aromatic carbocycles. The molecule has 10 nitrogen and oxygen atoms in total. The quantitative estimate of drug-likeness (QED) is 0.526. The number of aryl methyl sites for hydroxylation is 1. The van der Waals surface area contributed by atoms with Crippen molar-refractivity contribution in [3.8, 4) is 11.5 Å². The van der Waals surface area contributed by atoms with E-state index >= 15 is 0 Å². The first-order chi connectivity index (χ1) is 17.3. The van der Waals surface area contributed by atoms with Crippen molar-refractivity contribution in [1.82, 2.24) is 4.90 Å². The number of fused-ring (bicyclic) bond motifs is 3. The van der Waals surface area contributed by atoms with Crippen LogP contribution in [0.25, 0.3) is 11.0 Å². The standard InChI is InChI=1S/C26H25N3O7/c1-13-15-7-9-20(34-2)23(35-3)22(15)36-26(33)16(13)12-21(30)27-14-6-8-18-17(11-14)25(32)29-10-4-5-19(29)24(31)28-18/h6-9,11,19H,4-5,10,12H2,1-3H3,(H,27,30)(H,28,31)/t19-/m1/s1. The molecule has 1 aromatic heterocycles. The lowest BCUT2D eigenvalue weighted by molar-refractivity contribution is -0.119. The van der Waals surface area contributed by atoms with Crippen molar-refractivity contribution in [2.75, 3.05) is 31.4 Å². The van der Waals surface area contributed by atoms with E-state index in [1.807, 2.05) is 0 Å². The third-order valence-corrected chi connectivity index (χ3v) is 6.74. The topological polar surface area (TPSA) is 127 Å². The maximum atomic E-state index is 13.1. The van der Waals surface area contributed by atoms with Crippen molar-refractivity contribution in [2.45, 2.75) is 32.2 Å². The summed E-state index contributed by atoms with van der Waals surface area (Å²) in [6.45, 7) is 2.25. The van der Waals surface area contributed by atoms with Gasteiger partial charge in [0, 0.05) is 17.6 Å². The van der Waals surface area contributed by atoms with Gasteiger partial charge in [-0.05, 0) is 55.7 Å². The molecule has 2 aliphatic rings. The van der Waals surface area contributed by atoms with Crippen molar-refractivity contribution in [3.05, 3.63) is 57.4 Å². The van der Waals surface area contributed by atoms with Gasteiger partial charge in [-0.3, -0.25) is 14.4 Å². The summed E-state index contributed by atoms with van der Waals surface area (Å²) in [6.07, 6.45) is 1.16. The molecule has 3 aromatic rings. The van der Waals surface area contributed by atoms with Gasteiger partial charge in [0.1, 0.15) is 6.04 Å². The van der Waals surface area contributed by atoms with Crippen LogP contribution < -0.4 is 25.7 Å². The zero-order valence-electron chi connectivity index (χ0n) is 20.1. The minimum Gasteiger partial charge on any atom is -0.493 e. The van der Waals surface area contributed by atoms with Crippen LogP contribution in [0.5, 0.6) is 11.5 Å². The molecular formula is C26H25N3O7. The molecule has 10 heteroatoms. The maximum Gasteiger partial charge on any atom is 0.340 e. The van der Waals surface area contributed by atoms with Crippen molar-refractivity contribution < 1.29 is 28.3 Å². The number of hydrogen-bond acceptors (Lipinski definition) is 7. The van der Waals surface area contributed by atoms with Crippen LogP contribution in [0.3, 0.4) is 0 Å². The third kappa shape index (κ3) is 3.84. The summed E-state index contributed by atoms with van der Waals surface area (Å²) in [5, 5.41) is 6.18. The van der Waals surface area contributed by atoms with Crippen molar-refractivity contribution >= 4 is 40.1 Å². The summed E-state index contributed by atoms with van der Waals surface area (Å²) >= 11 is 0. The number of methoxy groups -OCH3 is 2. The lowest BCUT2D eigenvalue weighted by Crippen LogP contribution is -2.40. The highest BCUT2D eigenvalue weighted by Crippen LogP contribution is 2.36. The highest BCUT2D eigenvalue weighted by atomic mass is 16.5. The number of nitrogens with zero attached hydrogens (tertiary/aromatic N) is 1. The van der Waals surface area contributed by atoms with E-state index in [1.165, 1.54) is 14.2 Å². The maximum absolute atomic E-state index is 13.1. The first-order valence-corrected chi connectivity index (χ1v) is 11.6. The van der Waals surface area contributed by atoms with Gasteiger partial charge in [-0.2, -0.15) is 0 Å². The van der Waals surface area contributed by atoms with E-state index in [9.17, 15) is 19.2 Å². The average Bonchev–Trinajstić information content (AvgIpc) is 3.33. The van der Waals surface area contributed by atoms with Crippen LogP contribution in [0.4, 0.5) is 11.4 Å². The van der Waals surface area contributed by atoms with Crippen LogP contribution in [0.1, 0.15) is 34.3 Å². The first kappa shape index (κ1) is 23.4. The molecule has 3 amide bonds. The molecule has 0 bridgehead atoms. The number of benzene rings is 2. The Bertz CT molecular complexity index is 1480. The number of carbonyl (C=O) groups is 3. The van der Waals surface area contributed by atoms with E-state index in [4.69, 9.17) is 13.9 Å². The van der Waals surface area contributed by atoms with Crippen LogP contribution >= 0.6 is 0 Å². The predicted octanol–water partition coefficient (Wildman–Crippen LogP) is 2.86. The molecule has 36 heavy (non-hydrogen) atoms. The van der Waals surface area contributed by atoms with Crippen LogP contribution in [0, 0.1) is 6.92 Å². The van der Waals surface area contributed by atoms with Gasteiger partial charge in [0.25, 0.3) is 5.91 Å². The summed E-state index contributed by atoms with van der Waals surface area (Å²) in [4.78, 5) is 52.8. The minimum absolute atomic E-state index is 0.204. The second kappa shape index (κ2) is 9.03. The molecule has 3 heterocycles. The molecule has 0 radical (unpaired) electrons. The summed E-state index contributed by atoms with van der Waals surface area (Å²) < 4.78 is 16.1. The van der Waals surface area contributed by atoms with E-state index < -0.39 is 17.6 Å². The van der Waals surface area contributed by atoms with Gasteiger partial charge >= 0.3 is 5.63 Å². The second-order valence-corrected chi connectivity index (χ2v) is 8.80. The van der Waals surface area contributed by atoms with E-state index in [-0.39, 0.29) is 29.4 Å². The third-order valence-electron chi connectivity index (χ3n) is 6.74. The molecule has 1 fully saturated rings. The predicted molar refractivity (Wildman–Crippen MR) is 132 cm³/mol. The normalized spacial score (nSPS) is 16.8. The fourth-order valence-electron chi connectivity index (χ4n) is 4.90. The average molecular weight is 492 g/mol. The lowest BCUT2D eigenvalue weighted by Gasteiger charge is -2.20.